The molecule has 7 nitrogen and oxygen atoms in total. The Hall–Kier alpha value is -2.06. The van der Waals surface area contributed by atoms with E-state index in [1.54, 1.807) is 6.92 Å². The molecule has 0 N–H and O–H groups in total. The van der Waals surface area contributed by atoms with Gasteiger partial charge in [-0.25, -0.2) is 0 Å². The van der Waals surface area contributed by atoms with Crippen molar-refractivity contribution in [3.63, 3.8) is 0 Å². The standard InChI is InChI=1S/C18H22O7S/c1-10-15(23-11(2)19)16(24-12(3)20)17(25-13(4)21)18(22-10)26-14-8-6-5-7-9-14/h5-10,15-18H,1-4H3/t10-,15-,16+,17+,18+/m0/s1. The van der Waals surface area contributed by atoms with E-state index < -0.39 is 47.8 Å². The number of hydrogen-bond donors (Lipinski definition) is 0. The Morgan fingerprint density at radius 2 is 1.35 bits per heavy atom. The quantitative estimate of drug-likeness (QED) is 0.566. The topological polar surface area (TPSA) is 88.1 Å². The Morgan fingerprint density at radius 1 is 0.846 bits per heavy atom. The lowest BCUT2D eigenvalue weighted by atomic mass is 10.00. The van der Waals surface area contributed by atoms with Crippen LogP contribution in [0.3, 0.4) is 0 Å². The van der Waals surface area contributed by atoms with Gasteiger partial charge < -0.3 is 18.9 Å². The Bertz CT molecular complexity index is 648. The molecule has 2 rings (SSSR count). The number of carbonyl (C=O) groups excluding carboxylic acids is 3. The summed E-state index contributed by atoms with van der Waals surface area (Å²) < 4.78 is 22.0. The molecule has 1 aliphatic heterocycles. The van der Waals surface area contributed by atoms with Crippen LogP contribution in [0.5, 0.6) is 0 Å². The zero-order valence-corrected chi connectivity index (χ0v) is 15.9. The Labute approximate surface area is 156 Å². The van der Waals surface area contributed by atoms with Crippen LogP contribution >= 0.6 is 11.8 Å². The van der Waals surface area contributed by atoms with Crippen molar-refractivity contribution in [1.82, 2.24) is 0 Å². The maximum Gasteiger partial charge on any atom is 0.303 e. The summed E-state index contributed by atoms with van der Waals surface area (Å²) in [6.07, 6.45) is -3.34. The van der Waals surface area contributed by atoms with E-state index in [0.29, 0.717) is 0 Å². The fraction of sp³-hybridized carbons (Fsp3) is 0.500. The van der Waals surface area contributed by atoms with Crippen molar-refractivity contribution in [2.75, 3.05) is 0 Å². The maximum atomic E-state index is 11.6. The highest BCUT2D eigenvalue weighted by Gasteiger charge is 2.50. The molecule has 142 valence electrons. The van der Waals surface area contributed by atoms with E-state index in [0.717, 1.165) is 4.90 Å². The summed E-state index contributed by atoms with van der Waals surface area (Å²) in [7, 11) is 0. The van der Waals surface area contributed by atoms with E-state index in [9.17, 15) is 14.4 Å². The molecule has 0 saturated carbocycles. The number of rotatable bonds is 5. The van der Waals surface area contributed by atoms with E-state index in [4.69, 9.17) is 18.9 Å². The first kappa shape index (κ1) is 20.3. The van der Waals surface area contributed by atoms with Gasteiger partial charge in [0.25, 0.3) is 0 Å². The zero-order chi connectivity index (χ0) is 19.3. The fourth-order valence-electron chi connectivity index (χ4n) is 2.70. The van der Waals surface area contributed by atoms with Gasteiger partial charge in [-0.05, 0) is 19.1 Å². The normalized spacial score (nSPS) is 28.1. The van der Waals surface area contributed by atoms with Gasteiger partial charge in [-0.3, -0.25) is 14.4 Å². The highest BCUT2D eigenvalue weighted by Crippen LogP contribution is 2.37. The van der Waals surface area contributed by atoms with Gasteiger partial charge in [0.05, 0.1) is 6.10 Å². The molecule has 1 aliphatic rings. The summed E-state index contributed by atoms with van der Waals surface area (Å²) in [5.74, 6) is -1.66. The monoisotopic (exact) mass is 382 g/mol. The SMILES string of the molecule is CC(=O)O[C@@H]1[C@@H](OC(C)=O)[C@H](C)O[C@H](Sc2ccccc2)[C@@H]1OC(C)=O. The molecule has 0 bridgehead atoms. The Kier molecular flexibility index (Phi) is 7.05. The molecule has 0 radical (unpaired) electrons. The second-order valence-corrected chi connectivity index (χ2v) is 7.03. The summed E-state index contributed by atoms with van der Waals surface area (Å²) in [5, 5.41) is 0. The van der Waals surface area contributed by atoms with Gasteiger partial charge in [-0.1, -0.05) is 30.0 Å². The Morgan fingerprint density at radius 3 is 1.88 bits per heavy atom. The molecule has 1 heterocycles. The zero-order valence-electron chi connectivity index (χ0n) is 15.0. The predicted octanol–water partition coefficient (Wildman–Crippen LogP) is 2.32. The number of esters is 3. The predicted molar refractivity (Wildman–Crippen MR) is 93.3 cm³/mol. The van der Waals surface area contributed by atoms with Gasteiger partial charge in [0.15, 0.2) is 18.3 Å². The lowest BCUT2D eigenvalue weighted by Gasteiger charge is -2.43. The van der Waals surface area contributed by atoms with Crippen LogP contribution in [-0.2, 0) is 33.3 Å². The highest BCUT2D eigenvalue weighted by molar-refractivity contribution is 7.99. The number of thioether (sulfide) groups is 1. The van der Waals surface area contributed by atoms with Gasteiger partial charge in [0.1, 0.15) is 5.44 Å². The lowest BCUT2D eigenvalue weighted by molar-refractivity contribution is -0.229. The summed E-state index contributed by atoms with van der Waals surface area (Å²) in [5.41, 5.74) is -0.632. The summed E-state index contributed by atoms with van der Waals surface area (Å²) in [6, 6.07) is 9.42. The molecule has 8 heteroatoms. The van der Waals surface area contributed by atoms with E-state index >= 15 is 0 Å². The fourth-order valence-corrected chi connectivity index (χ4v) is 3.86. The smallest absolute Gasteiger partial charge is 0.303 e. The minimum absolute atomic E-state index is 0.543. The number of benzene rings is 1. The molecule has 5 atom stereocenters. The van der Waals surface area contributed by atoms with Crippen LogP contribution in [0, 0.1) is 0 Å². The van der Waals surface area contributed by atoms with Crippen LogP contribution in [0.25, 0.3) is 0 Å². The molecule has 0 aliphatic carbocycles. The van der Waals surface area contributed by atoms with Gasteiger partial charge >= 0.3 is 17.9 Å². The van der Waals surface area contributed by atoms with Crippen LogP contribution in [0.1, 0.15) is 27.7 Å². The van der Waals surface area contributed by atoms with Gasteiger partial charge in [0.2, 0.25) is 0 Å². The third-order valence-electron chi connectivity index (χ3n) is 3.63. The second kappa shape index (κ2) is 9.05. The van der Waals surface area contributed by atoms with Gasteiger partial charge in [-0.2, -0.15) is 0 Å². The van der Waals surface area contributed by atoms with Crippen molar-refractivity contribution in [3.8, 4) is 0 Å². The average molecular weight is 382 g/mol. The molecule has 0 amide bonds. The van der Waals surface area contributed by atoms with Gasteiger partial charge in [0, 0.05) is 25.7 Å². The van der Waals surface area contributed by atoms with Crippen LogP contribution in [0.2, 0.25) is 0 Å². The van der Waals surface area contributed by atoms with Gasteiger partial charge in [-0.15, -0.1) is 0 Å². The number of carbonyl (C=O) groups is 3. The maximum absolute atomic E-state index is 11.6. The molecule has 0 aromatic heterocycles. The summed E-state index contributed by atoms with van der Waals surface area (Å²) in [4.78, 5) is 35.6. The van der Waals surface area contributed by atoms with E-state index in [2.05, 4.69) is 0 Å². The van der Waals surface area contributed by atoms with Crippen LogP contribution in [0.4, 0.5) is 0 Å². The first-order valence-corrected chi connectivity index (χ1v) is 9.04. The van der Waals surface area contributed by atoms with Crippen molar-refractivity contribution in [1.29, 1.82) is 0 Å². The average Bonchev–Trinajstić information content (AvgIpc) is 2.54. The second-order valence-electron chi connectivity index (χ2n) is 5.86. The molecule has 1 aromatic carbocycles. The Balaban J connectivity index is 2.33. The van der Waals surface area contributed by atoms with Crippen molar-refractivity contribution >= 4 is 29.7 Å². The molecule has 0 unspecified atom stereocenters. The largest absolute Gasteiger partial charge is 0.456 e. The minimum Gasteiger partial charge on any atom is -0.456 e. The molecule has 1 saturated heterocycles. The van der Waals surface area contributed by atoms with E-state index in [1.165, 1.54) is 32.5 Å². The summed E-state index contributed by atoms with van der Waals surface area (Å²) in [6.45, 7) is 5.47. The number of hydrogen-bond acceptors (Lipinski definition) is 8. The highest BCUT2D eigenvalue weighted by atomic mass is 32.2. The third-order valence-corrected chi connectivity index (χ3v) is 4.78. The van der Waals surface area contributed by atoms with Crippen molar-refractivity contribution in [3.05, 3.63) is 30.3 Å². The molecule has 26 heavy (non-hydrogen) atoms. The molecular formula is C18H22O7S. The third kappa shape index (κ3) is 5.47. The van der Waals surface area contributed by atoms with Crippen LogP contribution < -0.4 is 0 Å². The first-order chi connectivity index (χ1) is 12.3. The van der Waals surface area contributed by atoms with E-state index in [1.807, 2.05) is 30.3 Å². The molecule has 1 fully saturated rings. The van der Waals surface area contributed by atoms with Crippen molar-refractivity contribution < 1.29 is 33.3 Å². The van der Waals surface area contributed by atoms with Crippen LogP contribution in [-0.4, -0.2) is 47.8 Å². The van der Waals surface area contributed by atoms with Crippen molar-refractivity contribution in [2.24, 2.45) is 0 Å². The number of ether oxygens (including phenoxy) is 4. The van der Waals surface area contributed by atoms with E-state index in [-0.39, 0.29) is 0 Å². The first-order valence-electron chi connectivity index (χ1n) is 8.16. The van der Waals surface area contributed by atoms with Crippen molar-refractivity contribution in [2.45, 2.75) is 62.4 Å². The lowest BCUT2D eigenvalue weighted by Crippen LogP contribution is -2.59. The van der Waals surface area contributed by atoms with Crippen LogP contribution in [0.15, 0.2) is 35.2 Å². The summed E-state index contributed by atoms with van der Waals surface area (Å²) >= 11 is 1.34. The molecule has 0 spiro atoms. The molecule has 1 aromatic rings. The molecular weight excluding hydrogens is 360 g/mol. The minimum atomic E-state index is -0.967.